The molecule has 0 spiro atoms. The predicted octanol–water partition coefficient (Wildman–Crippen LogP) is 5.63. The predicted molar refractivity (Wildman–Crippen MR) is 158 cm³/mol. The average molecular weight is 555 g/mol. The second-order valence-electron chi connectivity index (χ2n) is 10.2. The first-order valence-electron chi connectivity index (χ1n) is 12.7. The Bertz CT molecular complexity index is 1990. The Kier molecular flexibility index (Phi) is 6.34. The maximum atomic E-state index is 14.6. The van der Waals surface area contributed by atoms with Crippen LogP contribution in [0.5, 0.6) is 0 Å². The zero-order valence-corrected chi connectivity index (χ0v) is 23.1. The SMILES string of the molecule is CN(C)c1cncc(-c2ccc3[nH]nc(-c4cc5c(-c6cc(F)cc(CCS(C)(=O)=O)c6)nccc5[nH]4)c3c2)c1. The molecule has 10 heteroatoms. The molecule has 6 aromatic rings. The first-order valence-corrected chi connectivity index (χ1v) is 14.8. The molecule has 0 amide bonds. The molecule has 0 saturated carbocycles. The first-order chi connectivity index (χ1) is 19.1. The minimum absolute atomic E-state index is 0.0501. The number of benzene rings is 2. The van der Waals surface area contributed by atoms with E-state index in [2.05, 4.69) is 37.3 Å². The highest BCUT2D eigenvalue weighted by molar-refractivity contribution is 7.90. The van der Waals surface area contributed by atoms with Crippen LogP contribution in [-0.2, 0) is 16.3 Å². The summed E-state index contributed by atoms with van der Waals surface area (Å²) in [7, 11) is 0.795. The molecule has 0 aliphatic carbocycles. The lowest BCUT2D eigenvalue weighted by molar-refractivity contribution is 0.600. The van der Waals surface area contributed by atoms with Crippen LogP contribution in [0, 0.1) is 5.82 Å². The van der Waals surface area contributed by atoms with Crippen molar-refractivity contribution in [1.29, 1.82) is 0 Å². The summed E-state index contributed by atoms with van der Waals surface area (Å²) in [6, 6.07) is 16.7. The lowest BCUT2D eigenvalue weighted by atomic mass is 10.0. The van der Waals surface area contributed by atoms with E-state index in [1.807, 2.05) is 55.7 Å². The molecule has 202 valence electrons. The molecular formula is C30H27FN6O2S. The number of hydrogen-bond donors (Lipinski definition) is 2. The highest BCUT2D eigenvalue weighted by Gasteiger charge is 2.16. The van der Waals surface area contributed by atoms with E-state index in [0.29, 0.717) is 16.8 Å². The number of nitrogens with one attached hydrogen (secondary N) is 2. The van der Waals surface area contributed by atoms with E-state index < -0.39 is 15.7 Å². The molecule has 4 heterocycles. The molecule has 2 N–H and O–H groups in total. The number of anilines is 1. The van der Waals surface area contributed by atoms with Gasteiger partial charge in [-0.05, 0) is 66.1 Å². The van der Waals surface area contributed by atoms with Crippen LogP contribution in [0.25, 0.3) is 55.6 Å². The van der Waals surface area contributed by atoms with Crippen LogP contribution in [0.1, 0.15) is 5.56 Å². The van der Waals surface area contributed by atoms with Gasteiger partial charge in [-0.2, -0.15) is 5.10 Å². The third-order valence-corrected chi connectivity index (χ3v) is 7.88. The maximum absolute atomic E-state index is 14.6. The molecule has 0 atom stereocenters. The van der Waals surface area contributed by atoms with Crippen LogP contribution in [-0.4, -0.2) is 59.7 Å². The Balaban J connectivity index is 1.42. The normalized spacial score (nSPS) is 11.9. The molecule has 8 nitrogen and oxygen atoms in total. The Morgan fingerprint density at radius 3 is 2.50 bits per heavy atom. The van der Waals surface area contributed by atoms with Gasteiger partial charge in [0.05, 0.1) is 34.5 Å². The first kappa shape index (κ1) is 25.7. The lowest BCUT2D eigenvalue weighted by Crippen LogP contribution is -2.08. The zero-order chi connectivity index (χ0) is 28.0. The number of fused-ring (bicyclic) bond motifs is 2. The van der Waals surface area contributed by atoms with Crippen molar-refractivity contribution >= 4 is 37.3 Å². The Morgan fingerprint density at radius 2 is 1.70 bits per heavy atom. The third kappa shape index (κ3) is 5.05. The Labute approximate surface area is 230 Å². The van der Waals surface area contributed by atoms with Gasteiger partial charge in [-0.1, -0.05) is 6.07 Å². The second-order valence-corrected chi connectivity index (χ2v) is 12.5. The molecule has 0 aliphatic rings. The van der Waals surface area contributed by atoms with E-state index >= 15 is 0 Å². The molecule has 40 heavy (non-hydrogen) atoms. The fourth-order valence-electron chi connectivity index (χ4n) is 4.88. The molecule has 4 aromatic heterocycles. The van der Waals surface area contributed by atoms with Crippen molar-refractivity contribution in [2.45, 2.75) is 6.42 Å². The topological polar surface area (TPSA) is 108 Å². The number of rotatable bonds is 7. The Morgan fingerprint density at radius 1 is 0.875 bits per heavy atom. The summed E-state index contributed by atoms with van der Waals surface area (Å²) in [4.78, 5) is 14.4. The summed E-state index contributed by atoms with van der Waals surface area (Å²) in [6.45, 7) is 0. The third-order valence-electron chi connectivity index (χ3n) is 6.93. The van der Waals surface area contributed by atoms with Crippen LogP contribution >= 0.6 is 0 Å². The van der Waals surface area contributed by atoms with Crippen LogP contribution in [0.2, 0.25) is 0 Å². The second kappa shape index (κ2) is 9.87. The molecule has 6 rings (SSSR count). The molecule has 0 aliphatic heterocycles. The van der Waals surface area contributed by atoms with E-state index in [0.717, 1.165) is 50.0 Å². The van der Waals surface area contributed by atoms with E-state index in [9.17, 15) is 12.8 Å². The van der Waals surface area contributed by atoms with Gasteiger partial charge in [0.2, 0.25) is 0 Å². The molecule has 0 saturated heterocycles. The van der Waals surface area contributed by atoms with Gasteiger partial charge >= 0.3 is 0 Å². The van der Waals surface area contributed by atoms with Gasteiger partial charge < -0.3 is 9.88 Å². The number of aromatic amines is 2. The summed E-state index contributed by atoms with van der Waals surface area (Å²) in [6.07, 6.45) is 6.75. The van der Waals surface area contributed by atoms with Crippen molar-refractivity contribution in [3.63, 3.8) is 0 Å². The van der Waals surface area contributed by atoms with Crippen LogP contribution < -0.4 is 4.90 Å². The van der Waals surface area contributed by atoms with E-state index in [1.165, 1.54) is 18.4 Å². The van der Waals surface area contributed by atoms with Gasteiger partial charge in [-0.25, -0.2) is 12.8 Å². The minimum Gasteiger partial charge on any atom is -0.376 e. The summed E-state index contributed by atoms with van der Waals surface area (Å²) in [5, 5.41) is 9.48. The summed E-state index contributed by atoms with van der Waals surface area (Å²) in [5.74, 6) is -0.486. The average Bonchev–Trinajstić information content (AvgIpc) is 3.55. The van der Waals surface area contributed by atoms with E-state index in [-0.39, 0.29) is 12.2 Å². The van der Waals surface area contributed by atoms with Crippen molar-refractivity contribution in [2.24, 2.45) is 0 Å². The van der Waals surface area contributed by atoms with E-state index in [4.69, 9.17) is 0 Å². The number of halogens is 1. The standard InChI is InChI=1S/C30H27FN6O2S/c1-37(2)23-13-21(16-32-17-23)19-4-5-27-24(14-19)30(36-35-27)28-15-25-26(34-28)6-8-33-29(25)20-10-18(11-22(31)12-20)7-9-40(3,38)39/h4-6,8,10-17,34H,7,9H2,1-3H3,(H,35,36). The fraction of sp³-hybridized carbons (Fsp3) is 0.167. The minimum atomic E-state index is -3.17. The van der Waals surface area contributed by atoms with Crippen molar-refractivity contribution in [3.05, 3.63) is 84.6 Å². The van der Waals surface area contributed by atoms with Crippen molar-refractivity contribution in [1.82, 2.24) is 25.1 Å². The highest BCUT2D eigenvalue weighted by Crippen LogP contribution is 2.35. The number of H-pyrrole nitrogens is 2. The van der Waals surface area contributed by atoms with Crippen molar-refractivity contribution in [2.75, 3.05) is 31.0 Å². The molecular weight excluding hydrogens is 527 g/mol. The number of aromatic nitrogens is 5. The van der Waals surface area contributed by atoms with Crippen LogP contribution in [0.15, 0.2) is 73.2 Å². The van der Waals surface area contributed by atoms with Gasteiger partial charge in [0.25, 0.3) is 0 Å². The molecule has 0 bridgehead atoms. The van der Waals surface area contributed by atoms with Crippen LogP contribution in [0.3, 0.4) is 0 Å². The summed E-state index contributed by atoms with van der Waals surface area (Å²) < 4.78 is 37.9. The molecule has 0 radical (unpaired) electrons. The number of pyridine rings is 2. The fourth-order valence-corrected chi connectivity index (χ4v) is 5.48. The quantitative estimate of drug-likeness (QED) is 0.265. The zero-order valence-electron chi connectivity index (χ0n) is 22.2. The number of hydrogen-bond acceptors (Lipinski definition) is 6. The number of nitrogens with zero attached hydrogens (tertiary/aromatic N) is 4. The number of sulfone groups is 1. The molecule has 2 aromatic carbocycles. The van der Waals surface area contributed by atoms with Crippen LogP contribution in [0.4, 0.5) is 10.1 Å². The Hall–Kier alpha value is -4.57. The number of aryl methyl sites for hydroxylation is 1. The van der Waals surface area contributed by atoms with Gasteiger partial charge in [0.15, 0.2) is 0 Å². The van der Waals surface area contributed by atoms with Gasteiger partial charge in [-0.3, -0.25) is 15.1 Å². The van der Waals surface area contributed by atoms with Gasteiger partial charge in [0.1, 0.15) is 21.3 Å². The summed E-state index contributed by atoms with van der Waals surface area (Å²) in [5.41, 5.74) is 8.10. The summed E-state index contributed by atoms with van der Waals surface area (Å²) >= 11 is 0. The van der Waals surface area contributed by atoms with E-state index in [1.54, 1.807) is 12.3 Å². The van der Waals surface area contributed by atoms with Crippen molar-refractivity contribution in [3.8, 4) is 33.8 Å². The molecule has 0 unspecified atom stereocenters. The monoisotopic (exact) mass is 554 g/mol. The highest BCUT2D eigenvalue weighted by atomic mass is 32.2. The van der Waals surface area contributed by atoms with Gasteiger partial charge in [-0.15, -0.1) is 0 Å². The maximum Gasteiger partial charge on any atom is 0.147 e. The van der Waals surface area contributed by atoms with Gasteiger partial charge in [0, 0.05) is 60.2 Å². The largest absolute Gasteiger partial charge is 0.376 e. The molecule has 0 fully saturated rings. The van der Waals surface area contributed by atoms with Crippen molar-refractivity contribution < 1.29 is 12.8 Å². The smallest absolute Gasteiger partial charge is 0.147 e. The lowest BCUT2D eigenvalue weighted by Gasteiger charge is -2.13.